The Morgan fingerprint density at radius 2 is 1.96 bits per heavy atom. The summed E-state index contributed by atoms with van der Waals surface area (Å²) in [6.45, 7) is 3.43. The quantitative estimate of drug-likeness (QED) is 0.559. The van der Waals surface area contributed by atoms with Gasteiger partial charge in [0.25, 0.3) is 0 Å². The highest BCUT2D eigenvalue weighted by molar-refractivity contribution is 6.32. The fraction of sp³-hybridized carbons (Fsp3) is 0.474. The summed E-state index contributed by atoms with van der Waals surface area (Å²) in [5.41, 5.74) is 0.747. The molecule has 0 aliphatic carbocycles. The number of hydrogen-bond acceptors (Lipinski definition) is 5. The van der Waals surface area contributed by atoms with Crippen molar-refractivity contribution in [1.82, 2.24) is 4.90 Å². The van der Waals surface area contributed by atoms with E-state index in [0.29, 0.717) is 49.1 Å². The largest absolute Gasteiger partial charge is 0.491 e. The third kappa shape index (κ3) is 4.91. The van der Waals surface area contributed by atoms with E-state index in [9.17, 15) is 9.59 Å². The van der Waals surface area contributed by atoms with Crippen molar-refractivity contribution in [2.24, 2.45) is 5.92 Å². The summed E-state index contributed by atoms with van der Waals surface area (Å²) in [4.78, 5) is 25.6. The van der Waals surface area contributed by atoms with Gasteiger partial charge in [0.15, 0.2) is 11.5 Å². The number of esters is 1. The monoisotopic (exact) mass is 381 g/mol. The molecule has 7 heteroatoms. The lowest BCUT2D eigenvalue weighted by Crippen LogP contribution is -2.39. The zero-order chi connectivity index (χ0) is 19.1. The Morgan fingerprint density at radius 1 is 1.27 bits per heavy atom. The standard InChI is InChI=1S/C19H24ClNO5/c1-4-26-16-12-13(11-15(20)18(16)24-2)5-6-17(22)21-9-7-14(8-10-21)19(23)25-3/h5-6,11-12,14H,4,7-10H2,1-3H3/b6-5-. The van der Waals surface area contributed by atoms with Gasteiger partial charge in [0.2, 0.25) is 5.91 Å². The molecule has 2 rings (SSSR count). The molecular formula is C19H24ClNO5. The van der Waals surface area contributed by atoms with Crippen LogP contribution in [0.1, 0.15) is 25.3 Å². The van der Waals surface area contributed by atoms with Crippen molar-refractivity contribution in [3.63, 3.8) is 0 Å². The van der Waals surface area contributed by atoms with Gasteiger partial charge >= 0.3 is 5.97 Å². The molecule has 26 heavy (non-hydrogen) atoms. The average Bonchev–Trinajstić information content (AvgIpc) is 2.65. The Labute approximate surface area is 158 Å². The molecule has 1 aliphatic heterocycles. The molecule has 1 amide bonds. The summed E-state index contributed by atoms with van der Waals surface area (Å²) in [6.07, 6.45) is 4.44. The molecule has 1 saturated heterocycles. The number of carbonyl (C=O) groups is 2. The van der Waals surface area contributed by atoms with Gasteiger partial charge in [-0.05, 0) is 43.5 Å². The van der Waals surface area contributed by atoms with Gasteiger partial charge in [0, 0.05) is 19.2 Å². The highest BCUT2D eigenvalue weighted by Gasteiger charge is 2.27. The molecule has 0 saturated carbocycles. The highest BCUT2D eigenvalue weighted by atomic mass is 35.5. The topological polar surface area (TPSA) is 65.1 Å². The molecule has 1 aromatic rings. The minimum absolute atomic E-state index is 0.0989. The molecule has 6 nitrogen and oxygen atoms in total. The van der Waals surface area contributed by atoms with Gasteiger partial charge in [-0.1, -0.05) is 11.6 Å². The maximum Gasteiger partial charge on any atom is 0.308 e. The number of methoxy groups -OCH3 is 2. The molecule has 0 unspecified atom stereocenters. The maximum absolute atomic E-state index is 12.4. The second kappa shape index (κ2) is 9.48. The fourth-order valence-electron chi connectivity index (χ4n) is 2.92. The number of nitrogens with zero attached hydrogens (tertiary/aromatic N) is 1. The van der Waals surface area contributed by atoms with Crippen LogP contribution in [0.3, 0.4) is 0 Å². The van der Waals surface area contributed by atoms with Crippen LogP contribution in [0.2, 0.25) is 5.02 Å². The number of carbonyl (C=O) groups excluding carboxylic acids is 2. The van der Waals surface area contributed by atoms with Crippen molar-refractivity contribution in [1.29, 1.82) is 0 Å². The number of halogens is 1. The maximum atomic E-state index is 12.4. The summed E-state index contributed by atoms with van der Waals surface area (Å²) in [5.74, 6) is 0.583. The lowest BCUT2D eigenvalue weighted by molar-refractivity contribution is -0.148. The zero-order valence-corrected chi connectivity index (χ0v) is 16.0. The van der Waals surface area contributed by atoms with E-state index in [2.05, 4.69) is 0 Å². The van der Waals surface area contributed by atoms with E-state index in [4.69, 9.17) is 25.8 Å². The predicted molar refractivity (Wildman–Crippen MR) is 99.5 cm³/mol. The third-order valence-corrected chi connectivity index (χ3v) is 4.58. The lowest BCUT2D eigenvalue weighted by atomic mass is 9.97. The first-order valence-electron chi connectivity index (χ1n) is 8.55. The van der Waals surface area contributed by atoms with Crippen LogP contribution in [0.15, 0.2) is 18.2 Å². The Morgan fingerprint density at radius 3 is 2.54 bits per heavy atom. The van der Waals surface area contributed by atoms with Gasteiger partial charge in [0.1, 0.15) is 0 Å². The second-order valence-corrected chi connectivity index (χ2v) is 6.33. The first kappa shape index (κ1) is 20.1. The Bertz CT molecular complexity index is 681. The van der Waals surface area contributed by atoms with Crippen molar-refractivity contribution in [2.75, 3.05) is 33.9 Å². The van der Waals surface area contributed by atoms with E-state index in [1.54, 1.807) is 23.1 Å². The molecule has 0 spiro atoms. The van der Waals surface area contributed by atoms with E-state index >= 15 is 0 Å². The van der Waals surface area contributed by atoms with Crippen LogP contribution in [0.5, 0.6) is 11.5 Å². The van der Waals surface area contributed by atoms with Crippen molar-refractivity contribution in [2.45, 2.75) is 19.8 Å². The van der Waals surface area contributed by atoms with Gasteiger partial charge in [-0.2, -0.15) is 0 Å². The van der Waals surface area contributed by atoms with Crippen molar-refractivity contribution in [3.05, 3.63) is 28.8 Å². The molecule has 0 atom stereocenters. The molecule has 1 heterocycles. The number of likely N-dealkylation sites (tertiary alicyclic amines) is 1. The van der Waals surface area contributed by atoms with Crippen LogP contribution in [0, 0.1) is 5.92 Å². The van der Waals surface area contributed by atoms with Crippen molar-refractivity contribution >= 4 is 29.6 Å². The van der Waals surface area contributed by atoms with E-state index in [-0.39, 0.29) is 17.8 Å². The van der Waals surface area contributed by atoms with Crippen LogP contribution >= 0.6 is 11.6 Å². The fourth-order valence-corrected chi connectivity index (χ4v) is 3.22. The molecule has 0 aromatic heterocycles. The summed E-state index contributed by atoms with van der Waals surface area (Å²) >= 11 is 6.22. The normalized spacial score (nSPS) is 15.2. The molecule has 1 aromatic carbocycles. The summed E-state index contributed by atoms with van der Waals surface area (Å²) < 4.78 is 15.5. The Hall–Kier alpha value is -2.21. The van der Waals surface area contributed by atoms with Crippen molar-refractivity contribution < 1.29 is 23.8 Å². The summed E-state index contributed by atoms with van der Waals surface area (Å²) in [5, 5.41) is 0.421. The molecule has 1 aliphatic rings. The number of benzene rings is 1. The lowest BCUT2D eigenvalue weighted by Gasteiger charge is -2.29. The second-order valence-electron chi connectivity index (χ2n) is 5.92. The van der Waals surface area contributed by atoms with Gasteiger partial charge in [0.05, 0.1) is 31.8 Å². The van der Waals surface area contributed by atoms with E-state index in [1.807, 2.05) is 6.92 Å². The minimum atomic E-state index is -0.205. The van der Waals surface area contributed by atoms with Gasteiger partial charge in [-0.15, -0.1) is 0 Å². The summed E-state index contributed by atoms with van der Waals surface area (Å²) in [6, 6.07) is 3.50. The zero-order valence-electron chi connectivity index (χ0n) is 15.3. The number of rotatable bonds is 6. The molecule has 0 bridgehead atoms. The predicted octanol–water partition coefficient (Wildman–Crippen LogP) is 3.17. The van der Waals surface area contributed by atoms with Crippen LogP contribution in [0.4, 0.5) is 0 Å². The van der Waals surface area contributed by atoms with Gasteiger partial charge in [-0.25, -0.2) is 0 Å². The van der Waals surface area contributed by atoms with Crippen LogP contribution < -0.4 is 9.47 Å². The SMILES string of the molecule is CCOc1cc(/C=C\C(=O)N2CCC(C(=O)OC)CC2)cc(Cl)c1OC. The minimum Gasteiger partial charge on any atom is -0.491 e. The molecule has 0 radical (unpaired) electrons. The van der Waals surface area contributed by atoms with Crippen LogP contribution in [-0.4, -0.2) is 50.7 Å². The number of hydrogen-bond donors (Lipinski definition) is 0. The first-order chi connectivity index (χ1) is 12.5. The Kier molecular flexibility index (Phi) is 7.33. The van der Waals surface area contributed by atoms with Crippen molar-refractivity contribution in [3.8, 4) is 11.5 Å². The third-order valence-electron chi connectivity index (χ3n) is 4.30. The smallest absolute Gasteiger partial charge is 0.308 e. The van der Waals surface area contributed by atoms with E-state index in [1.165, 1.54) is 20.3 Å². The molecule has 0 N–H and O–H groups in total. The van der Waals surface area contributed by atoms with E-state index < -0.39 is 0 Å². The van der Waals surface area contributed by atoms with Gasteiger partial charge < -0.3 is 19.1 Å². The summed E-state index contributed by atoms with van der Waals surface area (Å²) in [7, 11) is 2.92. The van der Waals surface area contributed by atoms with Gasteiger partial charge in [-0.3, -0.25) is 9.59 Å². The number of piperidine rings is 1. The Balaban J connectivity index is 2.03. The first-order valence-corrected chi connectivity index (χ1v) is 8.93. The molecule has 1 fully saturated rings. The van der Waals surface area contributed by atoms with Crippen LogP contribution in [-0.2, 0) is 14.3 Å². The molecular weight excluding hydrogens is 358 g/mol. The molecule has 142 valence electrons. The average molecular weight is 382 g/mol. The number of amides is 1. The van der Waals surface area contributed by atoms with E-state index in [0.717, 1.165) is 5.56 Å². The number of ether oxygens (including phenoxy) is 3. The highest BCUT2D eigenvalue weighted by Crippen LogP contribution is 2.36. The van der Waals surface area contributed by atoms with Crippen LogP contribution in [0.25, 0.3) is 6.08 Å².